The predicted octanol–water partition coefficient (Wildman–Crippen LogP) is 0.0433. The van der Waals surface area contributed by atoms with Gasteiger partial charge in [0.2, 0.25) is 27.7 Å². The van der Waals surface area contributed by atoms with Gasteiger partial charge in [-0.05, 0) is 41.7 Å². The van der Waals surface area contributed by atoms with Crippen molar-refractivity contribution in [3.05, 3.63) is 70.2 Å². The average Bonchev–Trinajstić information content (AvgIpc) is 3.39. The molecular weight excluding hydrogens is 594 g/mol. The second-order valence-corrected chi connectivity index (χ2v) is 13.1. The highest BCUT2D eigenvalue weighted by Gasteiger charge is 2.41. The average molecular weight is 634 g/mol. The summed E-state index contributed by atoms with van der Waals surface area (Å²) in [5, 5.41) is 6.54. The summed E-state index contributed by atoms with van der Waals surface area (Å²) in [6, 6.07) is 11.2. The zero-order valence-electron chi connectivity index (χ0n) is 24.0. The van der Waals surface area contributed by atoms with Crippen molar-refractivity contribution >= 4 is 39.3 Å². The fraction of sp³-hybridized carbons (Fsp3) is 0.483. The van der Waals surface area contributed by atoms with Gasteiger partial charge in [-0.3, -0.25) is 14.4 Å². The van der Waals surface area contributed by atoms with Gasteiger partial charge in [-0.25, -0.2) is 13.1 Å². The minimum absolute atomic E-state index is 0.0301. The van der Waals surface area contributed by atoms with E-state index >= 15 is 0 Å². The molecule has 12 nitrogen and oxygen atoms in total. The van der Waals surface area contributed by atoms with Crippen LogP contribution >= 0.6 is 11.6 Å². The molecule has 0 spiro atoms. The van der Waals surface area contributed by atoms with E-state index in [9.17, 15) is 22.8 Å². The molecule has 3 atom stereocenters. The van der Waals surface area contributed by atoms with Gasteiger partial charge in [0.25, 0.3) is 0 Å². The highest BCUT2D eigenvalue weighted by atomic mass is 35.5. The van der Waals surface area contributed by atoms with Crippen LogP contribution in [0.2, 0.25) is 5.02 Å². The zero-order valence-corrected chi connectivity index (χ0v) is 25.6. The van der Waals surface area contributed by atoms with Crippen LogP contribution in [0.3, 0.4) is 0 Å². The summed E-state index contributed by atoms with van der Waals surface area (Å²) in [5.41, 5.74) is 14.2. The number of rotatable bonds is 12. The van der Waals surface area contributed by atoms with Gasteiger partial charge < -0.3 is 31.9 Å². The van der Waals surface area contributed by atoms with Gasteiger partial charge in [0.15, 0.2) is 0 Å². The molecule has 234 valence electrons. The van der Waals surface area contributed by atoms with Gasteiger partial charge in [0, 0.05) is 63.3 Å². The van der Waals surface area contributed by atoms with Crippen LogP contribution < -0.4 is 26.8 Å². The Labute approximate surface area is 257 Å². The Morgan fingerprint density at radius 3 is 2.49 bits per heavy atom. The van der Waals surface area contributed by atoms with Crippen molar-refractivity contribution in [1.82, 2.24) is 25.2 Å². The summed E-state index contributed by atoms with van der Waals surface area (Å²) in [7, 11) is -3.98. The number of nitrogens with one attached hydrogen (secondary N) is 3. The molecule has 3 unspecified atom stereocenters. The quantitative estimate of drug-likeness (QED) is 0.217. The number of nitrogens with two attached hydrogens (primary N) is 2. The van der Waals surface area contributed by atoms with E-state index in [-0.39, 0.29) is 50.6 Å². The summed E-state index contributed by atoms with van der Waals surface area (Å²) in [6.07, 6.45) is 0.121. The smallest absolute Gasteiger partial charge is 0.243 e. The molecule has 2 fully saturated rings. The number of amides is 3. The molecule has 2 saturated heterocycles. The van der Waals surface area contributed by atoms with Crippen LogP contribution in [0.4, 0.5) is 0 Å². The van der Waals surface area contributed by atoms with Crippen LogP contribution in [-0.4, -0.2) is 86.8 Å². The van der Waals surface area contributed by atoms with Gasteiger partial charge in [0.1, 0.15) is 12.1 Å². The van der Waals surface area contributed by atoms with Gasteiger partial charge >= 0.3 is 0 Å². The van der Waals surface area contributed by atoms with Crippen LogP contribution in [0, 0.1) is 0 Å². The van der Waals surface area contributed by atoms with E-state index in [2.05, 4.69) is 15.4 Å². The van der Waals surface area contributed by atoms with E-state index in [1.807, 2.05) is 0 Å². The fourth-order valence-electron chi connectivity index (χ4n) is 5.44. The molecule has 2 aromatic carbocycles. The SMILES string of the molecule is NCc1ccc(Cl)cc1CNC(=O)C1CC(N)CN1C(=O)C(CCC(=O)N1CCNCC1)NS(=O)(=O)Cc1ccccc1. The lowest BCUT2D eigenvalue weighted by atomic mass is 10.1. The van der Waals surface area contributed by atoms with Crippen LogP contribution in [-0.2, 0) is 43.2 Å². The highest BCUT2D eigenvalue weighted by molar-refractivity contribution is 7.88. The Morgan fingerprint density at radius 1 is 1.07 bits per heavy atom. The number of carbonyl (C=O) groups excluding carboxylic acids is 3. The summed E-state index contributed by atoms with van der Waals surface area (Å²) in [5.74, 6) is -1.52. The van der Waals surface area contributed by atoms with E-state index < -0.39 is 40.0 Å². The first-order valence-electron chi connectivity index (χ1n) is 14.4. The standard InChI is InChI=1S/C29H40ClN7O5S/c30-23-7-6-21(16-31)22(14-23)17-34-28(39)26-15-24(32)18-37(26)29(40)25(8-9-27(38)36-12-10-33-11-13-36)35-43(41,42)19-20-4-2-1-3-5-20/h1-7,14,24-26,33,35H,8-13,15-19,31-32H2,(H,34,39). The topological polar surface area (TPSA) is 180 Å². The third-order valence-electron chi connectivity index (χ3n) is 7.70. The Kier molecular flexibility index (Phi) is 11.5. The van der Waals surface area contributed by atoms with Gasteiger partial charge in [-0.2, -0.15) is 0 Å². The second-order valence-electron chi connectivity index (χ2n) is 10.9. The Hall–Kier alpha value is -3.07. The molecule has 43 heavy (non-hydrogen) atoms. The van der Waals surface area contributed by atoms with Crippen molar-refractivity contribution in [3.8, 4) is 0 Å². The van der Waals surface area contributed by atoms with Crippen molar-refractivity contribution in [3.63, 3.8) is 0 Å². The lowest BCUT2D eigenvalue weighted by Crippen LogP contribution is -2.54. The molecule has 2 heterocycles. The van der Waals surface area contributed by atoms with Crippen molar-refractivity contribution < 1.29 is 22.8 Å². The number of halogens is 1. The molecule has 2 aliphatic rings. The number of hydrogen-bond donors (Lipinski definition) is 5. The summed E-state index contributed by atoms with van der Waals surface area (Å²) in [6.45, 7) is 2.90. The number of likely N-dealkylation sites (tertiary alicyclic amines) is 1. The number of piperazine rings is 1. The van der Waals surface area contributed by atoms with Crippen molar-refractivity contribution in [2.75, 3.05) is 32.7 Å². The first kappa shape index (κ1) is 32.8. The molecule has 0 bridgehead atoms. The van der Waals surface area contributed by atoms with Crippen molar-refractivity contribution in [2.45, 2.75) is 56.2 Å². The first-order chi connectivity index (χ1) is 20.6. The summed E-state index contributed by atoms with van der Waals surface area (Å²) >= 11 is 6.13. The Balaban J connectivity index is 1.49. The van der Waals surface area contributed by atoms with Gasteiger partial charge in [-0.1, -0.05) is 48.0 Å². The molecule has 0 aliphatic carbocycles. The summed E-state index contributed by atoms with van der Waals surface area (Å²) < 4.78 is 28.9. The molecule has 4 rings (SSSR count). The van der Waals surface area contributed by atoms with Gasteiger partial charge in [-0.15, -0.1) is 0 Å². The molecule has 14 heteroatoms. The molecule has 2 aromatic rings. The van der Waals surface area contributed by atoms with Gasteiger partial charge in [0.05, 0.1) is 5.75 Å². The van der Waals surface area contributed by atoms with E-state index in [1.54, 1.807) is 53.4 Å². The maximum absolute atomic E-state index is 13.9. The highest BCUT2D eigenvalue weighted by Crippen LogP contribution is 2.21. The number of nitrogens with zero attached hydrogens (tertiary/aromatic N) is 2. The maximum Gasteiger partial charge on any atom is 0.243 e. The lowest BCUT2D eigenvalue weighted by molar-refractivity contribution is -0.140. The maximum atomic E-state index is 13.9. The normalized spacial score (nSPS) is 19.7. The molecule has 0 saturated carbocycles. The Morgan fingerprint density at radius 2 is 1.79 bits per heavy atom. The van der Waals surface area contributed by atoms with Crippen molar-refractivity contribution in [1.29, 1.82) is 0 Å². The largest absolute Gasteiger partial charge is 0.350 e. The number of sulfonamides is 1. The molecule has 7 N–H and O–H groups in total. The third-order valence-corrected chi connectivity index (χ3v) is 9.29. The fourth-order valence-corrected chi connectivity index (χ4v) is 7.01. The van der Waals surface area contributed by atoms with E-state index in [0.29, 0.717) is 36.8 Å². The van der Waals surface area contributed by atoms with Crippen LogP contribution in [0.15, 0.2) is 48.5 Å². The first-order valence-corrected chi connectivity index (χ1v) is 16.4. The minimum Gasteiger partial charge on any atom is -0.350 e. The van der Waals surface area contributed by atoms with Crippen molar-refractivity contribution in [2.24, 2.45) is 11.5 Å². The number of benzene rings is 2. The molecule has 3 amide bonds. The third kappa shape index (κ3) is 9.21. The van der Waals surface area contributed by atoms with Crippen LogP contribution in [0.5, 0.6) is 0 Å². The monoisotopic (exact) mass is 633 g/mol. The number of hydrogen-bond acceptors (Lipinski definition) is 8. The minimum atomic E-state index is -3.98. The molecule has 0 aromatic heterocycles. The van der Waals surface area contributed by atoms with E-state index in [4.69, 9.17) is 23.1 Å². The van der Waals surface area contributed by atoms with E-state index in [0.717, 1.165) is 11.1 Å². The molecular formula is C29H40ClN7O5S. The summed E-state index contributed by atoms with van der Waals surface area (Å²) in [4.78, 5) is 43.2. The molecule has 2 aliphatic heterocycles. The number of carbonyl (C=O) groups is 3. The lowest BCUT2D eigenvalue weighted by Gasteiger charge is -2.30. The van der Waals surface area contributed by atoms with Crippen LogP contribution in [0.25, 0.3) is 0 Å². The van der Waals surface area contributed by atoms with Crippen LogP contribution in [0.1, 0.15) is 36.0 Å². The molecule has 0 radical (unpaired) electrons. The second kappa shape index (κ2) is 15.1. The predicted molar refractivity (Wildman–Crippen MR) is 164 cm³/mol. The zero-order chi connectivity index (χ0) is 31.0. The Bertz CT molecular complexity index is 1390. The van der Waals surface area contributed by atoms with E-state index in [1.165, 1.54) is 4.90 Å².